The Balaban J connectivity index is 0.000000701. The van der Waals surface area contributed by atoms with Gasteiger partial charge in [0.05, 0.1) is 0 Å². The number of piperidine rings is 1. The van der Waals surface area contributed by atoms with Gasteiger partial charge in [-0.2, -0.15) is 0 Å². The number of aliphatic hydroxyl groups is 1. The minimum atomic E-state index is -0.554. The Bertz CT molecular complexity index is 726. The third-order valence-electron chi connectivity index (χ3n) is 4.87. The van der Waals surface area contributed by atoms with Crippen LogP contribution in [0.25, 0.3) is 0 Å². The second kappa shape index (κ2) is 8.11. The maximum atomic E-state index is 12.6. The molecule has 138 valence electrons. The summed E-state index contributed by atoms with van der Waals surface area (Å²) < 4.78 is 1.26. The third kappa shape index (κ3) is 4.16. The number of aliphatic hydroxyl groups excluding tert-OH is 1. The number of fused-ring (bicyclic) bond motifs is 2. The van der Waals surface area contributed by atoms with E-state index in [1.807, 2.05) is 4.90 Å². The fraction of sp³-hybridized carbons (Fsp3) is 0.625. The van der Waals surface area contributed by atoms with E-state index in [2.05, 4.69) is 4.98 Å². The Hall–Kier alpha value is -2.42. The van der Waals surface area contributed by atoms with Crippen LogP contribution in [0, 0.1) is 12.8 Å². The number of rotatable bonds is 3. The van der Waals surface area contributed by atoms with Crippen molar-refractivity contribution in [1.29, 1.82) is 0 Å². The van der Waals surface area contributed by atoms with Crippen LogP contribution < -0.4 is 11.2 Å². The van der Waals surface area contributed by atoms with Gasteiger partial charge in [0, 0.05) is 30.5 Å². The van der Waals surface area contributed by atoms with Crippen LogP contribution in [0.5, 0.6) is 0 Å². The number of nitrogens with zero attached hydrogens (tertiary/aromatic N) is 2. The summed E-state index contributed by atoms with van der Waals surface area (Å²) in [6, 6.07) is 0.339. The van der Waals surface area contributed by atoms with Crippen LogP contribution in [0.3, 0.4) is 0 Å². The second-order valence-electron chi connectivity index (χ2n) is 6.51. The van der Waals surface area contributed by atoms with E-state index in [4.69, 9.17) is 9.90 Å². The molecule has 1 aromatic heterocycles. The van der Waals surface area contributed by atoms with Crippen molar-refractivity contribution in [2.45, 2.75) is 51.2 Å². The first-order valence-electron chi connectivity index (χ1n) is 8.21. The predicted molar refractivity (Wildman–Crippen MR) is 88.2 cm³/mol. The highest BCUT2D eigenvalue weighted by atomic mass is 16.3. The molecular formula is C16H23N3O6. The van der Waals surface area contributed by atoms with Crippen LogP contribution in [-0.4, -0.2) is 55.7 Å². The third-order valence-corrected chi connectivity index (χ3v) is 4.87. The predicted octanol–water partition coefficient (Wildman–Crippen LogP) is -0.692. The van der Waals surface area contributed by atoms with Crippen LogP contribution in [0.2, 0.25) is 0 Å². The SMILES string of the molecule is Cc1cn(CC(=O)N2[C@@H]3CC[C@H]2CC(CO)C3)c(=O)[nH]c1=O.O=CO. The van der Waals surface area contributed by atoms with E-state index in [9.17, 15) is 19.5 Å². The first kappa shape index (κ1) is 18.9. The number of nitrogens with one attached hydrogen (secondary N) is 1. The van der Waals surface area contributed by atoms with Gasteiger partial charge in [-0.1, -0.05) is 0 Å². The van der Waals surface area contributed by atoms with Gasteiger partial charge in [0.25, 0.3) is 12.0 Å². The van der Waals surface area contributed by atoms with Crippen molar-refractivity contribution in [3.8, 4) is 0 Å². The second-order valence-corrected chi connectivity index (χ2v) is 6.51. The van der Waals surface area contributed by atoms with E-state index < -0.39 is 11.2 Å². The number of hydrogen-bond acceptors (Lipinski definition) is 5. The zero-order valence-electron chi connectivity index (χ0n) is 14.1. The van der Waals surface area contributed by atoms with Gasteiger partial charge in [0.2, 0.25) is 5.91 Å². The fourth-order valence-corrected chi connectivity index (χ4v) is 3.81. The molecule has 3 rings (SSSR count). The molecule has 25 heavy (non-hydrogen) atoms. The minimum absolute atomic E-state index is 0.0484. The molecule has 0 radical (unpaired) electrons. The standard InChI is InChI=1S/C15H21N3O4.CH2O2/c1-9-6-17(15(22)16-14(9)21)7-13(20)18-11-2-3-12(18)5-10(4-11)8-19;2-1-3/h6,10-12,19H,2-5,7-8H2,1H3,(H,16,21,22);1H,(H,2,3)/t10?,11-,12+;. The molecule has 3 heterocycles. The van der Waals surface area contributed by atoms with Gasteiger partial charge < -0.3 is 15.1 Å². The van der Waals surface area contributed by atoms with Crippen LogP contribution in [0.15, 0.2) is 15.8 Å². The molecule has 0 aliphatic carbocycles. The fourth-order valence-electron chi connectivity index (χ4n) is 3.81. The summed E-state index contributed by atoms with van der Waals surface area (Å²) in [6.07, 6.45) is 5.02. The van der Waals surface area contributed by atoms with Crippen LogP contribution in [0.1, 0.15) is 31.2 Å². The normalized spacial score (nSPS) is 24.4. The van der Waals surface area contributed by atoms with E-state index >= 15 is 0 Å². The van der Waals surface area contributed by atoms with Gasteiger partial charge in [0.1, 0.15) is 6.54 Å². The van der Waals surface area contributed by atoms with Gasteiger partial charge in [-0.25, -0.2) is 4.79 Å². The van der Waals surface area contributed by atoms with Crippen molar-refractivity contribution < 1.29 is 19.8 Å². The Labute approximate surface area is 143 Å². The number of carbonyl (C=O) groups is 2. The molecule has 0 spiro atoms. The van der Waals surface area contributed by atoms with Gasteiger partial charge in [-0.3, -0.25) is 23.9 Å². The van der Waals surface area contributed by atoms with Crippen LogP contribution in [-0.2, 0) is 16.1 Å². The van der Waals surface area contributed by atoms with Crippen LogP contribution >= 0.6 is 0 Å². The number of hydrogen-bond donors (Lipinski definition) is 3. The van der Waals surface area contributed by atoms with Gasteiger partial charge in [-0.05, 0) is 38.5 Å². The van der Waals surface area contributed by atoms with Crippen molar-refractivity contribution in [1.82, 2.24) is 14.5 Å². The summed E-state index contributed by atoms with van der Waals surface area (Å²) in [5.41, 5.74) is -0.562. The van der Waals surface area contributed by atoms with E-state index in [1.165, 1.54) is 10.8 Å². The molecule has 2 saturated heterocycles. The van der Waals surface area contributed by atoms with Gasteiger partial charge >= 0.3 is 5.69 Å². The highest BCUT2D eigenvalue weighted by Crippen LogP contribution is 2.38. The zero-order valence-corrected chi connectivity index (χ0v) is 14.1. The molecular weight excluding hydrogens is 330 g/mol. The first-order valence-corrected chi connectivity index (χ1v) is 8.21. The molecule has 3 N–H and O–H groups in total. The Morgan fingerprint density at radius 3 is 2.40 bits per heavy atom. The summed E-state index contributed by atoms with van der Waals surface area (Å²) in [7, 11) is 0. The molecule has 3 atom stereocenters. The highest BCUT2D eigenvalue weighted by Gasteiger charge is 2.42. The van der Waals surface area contributed by atoms with Crippen molar-refractivity contribution in [3.05, 3.63) is 32.6 Å². The zero-order chi connectivity index (χ0) is 18.6. The van der Waals surface area contributed by atoms with Gasteiger partial charge in [-0.15, -0.1) is 0 Å². The maximum Gasteiger partial charge on any atom is 0.328 e. The first-order chi connectivity index (χ1) is 11.9. The van der Waals surface area contributed by atoms with Crippen LogP contribution in [0.4, 0.5) is 0 Å². The maximum absolute atomic E-state index is 12.6. The number of aryl methyl sites for hydroxylation is 1. The van der Waals surface area contributed by atoms with Crippen molar-refractivity contribution >= 4 is 12.4 Å². The Kier molecular flexibility index (Phi) is 6.13. The summed E-state index contributed by atoms with van der Waals surface area (Å²) in [4.78, 5) is 48.2. The lowest BCUT2D eigenvalue weighted by Crippen LogP contribution is -2.49. The van der Waals surface area contributed by atoms with E-state index in [0.717, 1.165) is 25.7 Å². The number of aromatic nitrogens is 2. The molecule has 2 aliphatic rings. The van der Waals surface area contributed by atoms with E-state index in [0.29, 0.717) is 5.56 Å². The average molecular weight is 353 g/mol. The van der Waals surface area contributed by atoms with E-state index in [-0.39, 0.29) is 43.5 Å². The van der Waals surface area contributed by atoms with E-state index in [1.54, 1.807) is 6.92 Å². The summed E-state index contributed by atoms with van der Waals surface area (Å²) >= 11 is 0. The lowest BCUT2D eigenvalue weighted by Gasteiger charge is -2.38. The van der Waals surface area contributed by atoms with Gasteiger partial charge in [0.15, 0.2) is 0 Å². The molecule has 9 heteroatoms. The molecule has 1 unspecified atom stereocenters. The molecule has 2 aliphatic heterocycles. The quantitative estimate of drug-likeness (QED) is 0.616. The largest absolute Gasteiger partial charge is 0.483 e. The summed E-state index contributed by atoms with van der Waals surface area (Å²) in [6.45, 7) is 1.48. The smallest absolute Gasteiger partial charge is 0.328 e. The molecule has 2 fully saturated rings. The summed E-state index contributed by atoms with van der Waals surface area (Å²) in [5.74, 6) is 0.192. The molecule has 1 amide bonds. The number of amides is 1. The lowest BCUT2D eigenvalue weighted by atomic mass is 9.91. The van der Waals surface area contributed by atoms with Crippen molar-refractivity contribution in [2.75, 3.05) is 6.61 Å². The molecule has 0 aromatic carbocycles. The molecule has 9 nitrogen and oxygen atoms in total. The average Bonchev–Trinajstić information content (AvgIpc) is 2.83. The number of carbonyl (C=O) groups excluding carboxylic acids is 1. The number of aromatic amines is 1. The topological polar surface area (TPSA) is 133 Å². The molecule has 0 saturated carbocycles. The monoisotopic (exact) mass is 353 g/mol. The highest BCUT2D eigenvalue weighted by molar-refractivity contribution is 5.77. The molecule has 1 aromatic rings. The lowest BCUT2D eigenvalue weighted by molar-refractivity contribution is -0.137. The summed E-state index contributed by atoms with van der Waals surface area (Å²) in [5, 5.41) is 16.2. The van der Waals surface area contributed by atoms with Crippen molar-refractivity contribution in [2.24, 2.45) is 5.92 Å². The minimum Gasteiger partial charge on any atom is -0.483 e. The Morgan fingerprint density at radius 2 is 1.88 bits per heavy atom. The molecule has 2 bridgehead atoms. The Morgan fingerprint density at radius 1 is 1.32 bits per heavy atom. The number of carboxylic acid groups (broad SMARTS) is 1. The van der Waals surface area contributed by atoms with Crippen molar-refractivity contribution in [3.63, 3.8) is 0 Å². The number of H-pyrrole nitrogens is 1.